The topological polar surface area (TPSA) is 83.9 Å². The molecule has 0 amide bonds. The molecule has 0 fully saturated rings. The van der Waals surface area contributed by atoms with Crippen LogP contribution >= 0.6 is 23.2 Å². The molecule has 0 aromatic heterocycles. The first-order valence-electron chi connectivity index (χ1n) is 10.5. The van der Waals surface area contributed by atoms with E-state index in [1.165, 1.54) is 22.5 Å². The van der Waals surface area contributed by atoms with Crippen molar-refractivity contribution >= 4 is 44.9 Å². The average molecular weight is 520 g/mol. The van der Waals surface area contributed by atoms with Gasteiger partial charge in [0.1, 0.15) is 5.75 Å². The number of carboxylic acids is 1. The summed E-state index contributed by atoms with van der Waals surface area (Å²) >= 11 is 12.4. The summed E-state index contributed by atoms with van der Waals surface area (Å²) < 4.78 is 33.9. The van der Waals surface area contributed by atoms with E-state index in [0.29, 0.717) is 27.0 Å². The molecule has 4 rings (SSSR count). The first-order valence-corrected chi connectivity index (χ1v) is 12.7. The maximum absolute atomic E-state index is 13.6. The van der Waals surface area contributed by atoms with Gasteiger partial charge in [-0.25, -0.2) is 13.2 Å². The first-order chi connectivity index (χ1) is 15.9. The SMILES string of the molecule is Cc1cc(S(=O)(=O)N2CC(C)(C)c3cc(-c4ccc(Cl)cc4Cl)ccc32)ccc1OCC(=O)O. The highest BCUT2D eigenvalue weighted by Gasteiger charge is 2.41. The van der Waals surface area contributed by atoms with Crippen molar-refractivity contribution in [1.82, 2.24) is 0 Å². The Balaban J connectivity index is 1.72. The van der Waals surface area contributed by atoms with Crippen LogP contribution < -0.4 is 9.04 Å². The van der Waals surface area contributed by atoms with Gasteiger partial charge < -0.3 is 9.84 Å². The van der Waals surface area contributed by atoms with E-state index in [4.69, 9.17) is 33.0 Å². The van der Waals surface area contributed by atoms with Crippen molar-refractivity contribution in [2.75, 3.05) is 17.5 Å². The van der Waals surface area contributed by atoms with E-state index in [9.17, 15) is 13.2 Å². The summed E-state index contributed by atoms with van der Waals surface area (Å²) in [5, 5.41) is 9.88. The summed E-state index contributed by atoms with van der Waals surface area (Å²) in [6.45, 7) is 5.46. The molecule has 0 atom stereocenters. The van der Waals surface area contributed by atoms with Crippen LogP contribution in [0.5, 0.6) is 5.75 Å². The number of nitrogens with zero attached hydrogens (tertiary/aromatic N) is 1. The standard InChI is InChI=1S/C25H23Cl2NO5S/c1-15-10-18(6-9-23(15)33-13-24(29)30)34(31,32)28-14-25(2,3)20-11-16(4-8-22(20)28)19-7-5-17(26)12-21(19)27/h4-12H,13-14H2,1-3H3,(H,29,30). The second-order valence-electron chi connectivity index (χ2n) is 8.86. The number of carbonyl (C=O) groups is 1. The molecule has 0 saturated carbocycles. The molecule has 3 aromatic carbocycles. The molecule has 1 aliphatic rings. The number of aryl methyl sites for hydroxylation is 1. The van der Waals surface area contributed by atoms with Gasteiger partial charge in [-0.15, -0.1) is 0 Å². The number of rotatable bonds is 6. The van der Waals surface area contributed by atoms with Gasteiger partial charge in [0.25, 0.3) is 10.0 Å². The maximum atomic E-state index is 13.6. The minimum Gasteiger partial charge on any atom is -0.482 e. The average Bonchev–Trinajstić information content (AvgIpc) is 3.04. The molecule has 0 unspecified atom stereocenters. The molecule has 9 heteroatoms. The van der Waals surface area contributed by atoms with E-state index >= 15 is 0 Å². The van der Waals surface area contributed by atoms with Crippen molar-refractivity contribution in [3.05, 3.63) is 75.8 Å². The van der Waals surface area contributed by atoms with Gasteiger partial charge in [-0.1, -0.05) is 49.2 Å². The Kier molecular flexibility index (Phi) is 6.31. The van der Waals surface area contributed by atoms with Gasteiger partial charge in [-0.3, -0.25) is 4.31 Å². The van der Waals surface area contributed by atoms with E-state index < -0.39 is 28.0 Å². The third-order valence-electron chi connectivity index (χ3n) is 5.86. The summed E-state index contributed by atoms with van der Waals surface area (Å²) in [7, 11) is -3.87. The summed E-state index contributed by atoms with van der Waals surface area (Å²) in [5.74, 6) is -0.778. The van der Waals surface area contributed by atoms with Gasteiger partial charge >= 0.3 is 5.97 Å². The molecule has 3 aromatic rings. The molecular formula is C25H23Cl2NO5S. The second-order valence-corrected chi connectivity index (χ2v) is 11.6. The van der Waals surface area contributed by atoms with Crippen LogP contribution in [0.4, 0.5) is 5.69 Å². The molecule has 0 bridgehead atoms. The van der Waals surface area contributed by atoms with Crippen molar-refractivity contribution in [1.29, 1.82) is 0 Å². The fourth-order valence-electron chi connectivity index (χ4n) is 4.14. The van der Waals surface area contributed by atoms with Crippen LogP contribution in [-0.2, 0) is 20.2 Å². The lowest BCUT2D eigenvalue weighted by Gasteiger charge is -2.22. The molecular weight excluding hydrogens is 497 g/mol. The molecule has 0 radical (unpaired) electrons. The predicted molar refractivity (Wildman–Crippen MR) is 134 cm³/mol. The van der Waals surface area contributed by atoms with E-state index in [0.717, 1.165) is 16.7 Å². The van der Waals surface area contributed by atoms with Crippen molar-refractivity contribution in [2.24, 2.45) is 0 Å². The Morgan fingerprint density at radius 3 is 2.47 bits per heavy atom. The predicted octanol–water partition coefficient (Wildman–Crippen LogP) is 5.92. The number of hydrogen-bond acceptors (Lipinski definition) is 4. The minimum atomic E-state index is -3.87. The van der Waals surface area contributed by atoms with Gasteiger partial charge in [-0.05, 0) is 66.1 Å². The van der Waals surface area contributed by atoms with Crippen LogP contribution in [0.2, 0.25) is 10.0 Å². The van der Waals surface area contributed by atoms with Crippen molar-refractivity contribution in [3.8, 4) is 16.9 Å². The van der Waals surface area contributed by atoms with Gasteiger partial charge in [0.05, 0.1) is 10.6 Å². The molecule has 0 saturated heterocycles. The fraction of sp³-hybridized carbons (Fsp3) is 0.240. The number of fused-ring (bicyclic) bond motifs is 1. The van der Waals surface area contributed by atoms with Crippen molar-refractivity contribution in [2.45, 2.75) is 31.1 Å². The first kappa shape index (κ1) is 24.4. The molecule has 0 aliphatic carbocycles. The molecule has 1 aliphatic heterocycles. The highest BCUT2D eigenvalue weighted by molar-refractivity contribution is 7.92. The lowest BCUT2D eigenvalue weighted by molar-refractivity contribution is -0.139. The quantitative estimate of drug-likeness (QED) is 0.436. The lowest BCUT2D eigenvalue weighted by Crippen LogP contribution is -2.34. The smallest absolute Gasteiger partial charge is 0.341 e. The molecule has 0 spiro atoms. The Bertz CT molecular complexity index is 1400. The van der Waals surface area contributed by atoms with Crippen LogP contribution in [0, 0.1) is 6.92 Å². The normalized spacial score (nSPS) is 14.7. The second kappa shape index (κ2) is 8.80. The zero-order chi connectivity index (χ0) is 24.8. The largest absolute Gasteiger partial charge is 0.482 e. The molecule has 6 nitrogen and oxygen atoms in total. The number of carboxylic acid groups (broad SMARTS) is 1. The van der Waals surface area contributed by atoms with Crippen LogP contribution in [0.3, 0.4) is 0 Å². The van der Waals surface area contributed by atoms with E-state index in [-0.39, 0.29) is 11.4 Å². The Morgan fingerprint density at radius 2 is 1.82 bits per heavy atom. The van der Waals surface area contributed by atoms with Gasteiger partial charge in [-0.2, -0.15) is 0 Å². The van der Waals surface area contributed by atoms with Gasteiger partial charge in [0.2, 0.25) is 0 Å². The number of hydrogen-bond donors (Lipinski definition) is 1. The minimum absolute atomic E-state index is 0.112. The van der Waals surface area contributed by atoms with Crippen LogP contribution in [0.25, 0.3) is 11.1 Å². The number of ether oxygens (including phenoxy) is 1. The number of halogens is 2. The zero-order valence-corrected chi connectivity index (χ0v) is 21.1. The monoisotopic (exact) mass is 519 g/mol. The summed E-state index contributed by atoms with van der Waals surface area (Å²) in [4.78, 5) is 10.9. The Morgan fingerprint density at radius 1 is 1.09 bits per heavy atom. The van der Waals surface area contributed by atoms with Gasteiger partial charge in [0.15, 0.2) is 6.61 Å². The summed E-state index contributed by atoms with van der Waals surface area (Å²) in [6, 6.07) is 15.4. The third kappa shape index (κ3) is 4.48. The van der Waals surface area contributed by atoms with E-state index in [1.54, 1.807) is 25.1 Å². The van der Waals surface area contributed by atoms with E-state index in [1.807, 2.05) is 32.0 Å². The van der Waals surface area contributed by atoms with Crippen LogP contribution in [-0.4, -0.2) is 32.6 Å². The number of benzene rings is 3. The van der Waals surface area contributed by atoms with Crippen LogP contribution in [0.15, 0.2) is 59.5 Å². The maximum Gasteiger partial charge on any atom is 0.341 e. The highest BCUT2D eigenvalue weighted by atomic mass is 35.5. The van der Waals surface area contributed by atoms with Crippen molar-refractivity contribution in [3.63, 3.8) is 0 Å². The summed E-state index contributed by atoms with van der Waals surface area (Å²) in [5.41, 5.74) is 3.31. The van der Waals surface area contributed by atoms with Crippen molar-refractivity contribution < 1.29 is 23.1 Å². The third-order valence-corrected chi connectivity index (χ3v) is 8.16. The number of anilines is 1. The Hall–Kier alpha value is -2.74. The number of aliphatic carboxylic acids is 1. The Labute approximate surface area is 208 Å². The zero-order valence-electron chi connectivity index (χ0n) is 18.8. The highest BCUT2D eigenvalue weighted by Crippen LogP contribution is 2.45. The van der Waals surface area contributed by atoms with Gasteiger partial charge in [0, 0.05) is 27.6 Å². The molecule has 1 N–H and O–H groups in total. The fourth-order valence-corrected chi connectivity index (χ4v) is 6.39. The van der Waals surface area contributed by atoms with Crippen LogP contribution in [0.1, 0.15) is 25.0 Å². The molecule has 1 heterocycles. The molecule has 34 heavy (non-hydrogen) atoms. The summed E-state index contributed by atoms with van der Waals surface area (Å²) in [6.07, 6.45) is 0. The number of sulfonamides is 1. The van der Waals surface area contributed by atoms with E-state index in [2.05, 4.69) is 0 Å². The lowest BCUT2D eigenvalue weighted by atomic mass is 9.85. The molecule has 178 valence electrons.